The van der Waals surface area contributed by atoms with E-state index in [9.17, 15) is 9.59 Å². The van der Waals surface area contributed by atoms with E-state index in [-0.39, 0.29) is 6.10 Å². The summed E-state index contributed by atoms with van der Waals surface area (Å²) in [6, 6.07) is 0. The summed E-state index contributed by atoms with van der Waals surface area (Å²) in [5.74, 6) is -1.25. The molecule has 2 saturated heterocycles. The molecule has 0 spiro atoms. The van der Waals surface area contributed by atoms with Crippen molar-refractivity contribution in [3.8, 4) is 0 Å². The number of hydrogen-bond donors (Lipinski definition) is 0. The summed E-state index contributed by atoms with van der Waals surface area (Å²) >= 11 is 0. The van der Waals surface area contributed by atoms with Crippen LogP contribution in [-0.2, 0) is 23.8 Å². The van der Waals surface area contributed by atoms with Gasteiger partial charge in [0, 0.05) is 17.6 Å². The third kappa shape index (κ3) is 3.33. The number of fused-ring (bicyclic) bond motifs is 2. The molecule has 0 amide bonds. The fourth-order valence-corrected chi connectivity index (χ4v) is 3.39. The average molecular weight is 344 g/mol. The van der Waals surface area contributed by atoms with Crippen molar-refractivity contribution in [1.82, 2.24) is 0 Å². The predicted octanol–water partition coefficient (Wildman–Crippen LogP) is 3.03. The molecular formula is C20H24O5. The summed E-state index contributed by atoms with van der Waals surface area (Å²) in [6.07, 6.45) is 6.97. The molecule has 5 atom stereocenters. The maximum atomic E-state index is 12.3. The lowest BCUT2D eigenvalue weighted by molar-refractivity contribution is -0.148. The molecule has 0 N–H and O–H groups in total. The molecule has 2 aliphatic heterocycles. The normalized spacial score (nSPS) is 41.0. The Morgan fingerprint density at radius 3 is 2.88 bits per heavy atom. The number of rotatable bonds is 2. The van der Waals surface area contributed by atoms with Gasteiger partial charge in [-0.3, -0.25) is 0 Å². The smallest absolute Gasteiger partial charge is 0.334 e. The van der Waals surface area contributed by atoms with Gasteiger partial charge in [-0.15, -0.1) is 0 Å². The van der Waals surface area contributed by atoms with E-state index in [1.54, 1.807) is 19.9 Å². The van der Waals surface area contributed by atoms with Gasteiger partial charge in [0.1, 0.15) is 18.3 Å². The topological polar surface area (TPSA) is 65.1 Å². The Morgan fingerprint density at radius 2 is 2.20 bits per heavy atom. The highest BCUT2D eigenvalue weighted by Crippen LogP contribution is 2.46. The molecule has 3 rings (SSSR count). The van der Waals surface area contributed by atoms with Gasteiger partial charge in [-0.25, -0.2) is 9.59 Å². The van der Waals surface area contributed by atoms with Crippen LogP contribution in [0.3, 0.4) is 0 Å². The van der Waals surface area contributed by atoms with E-state index < -0.39 is 35.7 Å². The van der Waals surface area contributed by atoms with Crippen molar-refractivity contribution in [3.63, 3.8) is 0 Å². The Bertz CT molecular complexity index is 714. The molecule has 134 valence electrons. The van der Waals surface area contributed by atoms with Crippen molar-refractivity contribution >= 4 is 11.9 Å². The predicted molar refractivity (Wildman–Crippen MR) is 92.6 cm³/mol. The van der Waals surface area contributed by atoms with Crippen molar-refractivity contribution in [2.45, 2.75) is 58.0 Å². The maximum Gasteiger partial charge on any atom is 0.334 e. The van der Waals surface area contributed by atoms with Crippen LogP contribution in [0.4, 0.5) is 0 Å². The van der Waals surface area contributed by atoms with Gasteiger partial charge in [0.2, 0.25) is 0 Å². The lowest BCUT2D eigenvalue weighted by Crippen LogP contribution is -2.36. The van der Waals surface area contributed by atoms with E-state index in [1.165, 1.54) is 0 Å². The molecule has 0 bridgehead atoms. The first-order valence-electron chi connectivity index (χ1n) is 8.53. The molecule has 3 aliphatic rings. The molecule has 5 heteroatoms. The Hall–Kier alpha value is -2.14. The van der Waals surface area contributed by atoms with Gasteiger partial charge in [-0.05, 0) is 33.8 Å². The first-order chi connectivity index (χ1) is 11.7. The molecule has 25 heavy (non-hydrogen) atoms. The van der Waals surface area contributed by atoms with Crippen molar-refractivity contribution in [2.24, 2.45) is 5.92 Å². The summed E-state index contributed by atoms with van der Waals surface area (Å²) in [4.78, 5) is 24.4. The maximum absolute atomic E-state index is 12.3. The van der Waals surface area contributed by atoms with Crippen LogP contribution in [0.15, 0.2) is 47.6 Å². The number of epoxide rings is 1. The van der Waals surface area contributed by atoms with Gasteiger partial charge < -0.3 is 14.2 Å². The van der Waals surface area contributed by atoms with Gasteiger partial charge in [-0.2, -0.15) is 0 Å². The van der Waals surface area contributed by atoms with Crippen LogP contribution < -0.4 is 0 Å². The largest absolute Gasteiger partial charge is 0.458 e. The Labute approximate surface area is 148 Å². The lowest BCUT2D eigenvalue weighted by Gasteiger charge is -2.28. The van der Waals surface area contributed by atoms with E-state index in [0.29, 0.717) is 17.6 Å². The van der Waals surface area contributed by atoms with Crippen molar-refractivity contribution in [2.75, 3.05) is 0 Å². The highest BCUT2D eigenvalue weighted by molar-refractivity contribution is 5.92. The number of hydrogen-bond acceptors (Lipinski definition) is 5. The van der Waals surface area contributed by atoms with Crippen LogP contribution >= 0.6 is 0 Å². The molecule has 0 aromatic rings. The fraction of sp³-hybridized carbons (Fsp3) is 0.500. The second-order valence-corrected chi connectivity index (χ2v) is 7.16. The lowest BCUT2D eigenvalue weighted by atomic mass is 9.83. The highest BCUT2D eigenvalue weighted by atomic mass is 16.6. The third-order valence-electron chi connectivity index (χ3n) is 5.18. The first-order valence-corrected chi connectivity index (χ1v) is 8.53. The van der Waals surface area contributed by atoms with Crippen LogP contribution in [-0.4, -0.2) is 35.9 Å². The van der Waals surface area contributed by atoms with E-state index in [1.807, 2.05) is 32.1 Å². The average Bonchev–Trinajstić information content (AvgIpc) is 3.11. The molecule has 0 aromatic heterocycles. The van der Waals surface area contributed by atoms with E-state index >= 15 is 0 Å². The van der Waals surface area contributed by atoms with Crippen LogP contribution in [0, 0.1) is 5.92 Å². The third-order valence-corrected chi connectivity index (χ3v) is 5.18. The number of ether oxygens (including phenoxy) is 3. The van der Waals surface area contributed by atoms with Crippen LogP contribution in [0.2, 0.25) is 0 Å². The van der Waals surface area contributed by atoms with Gasteiger partial charge in [0.05, 0.1) is 11.5 Å². The van der Waals surface area contributed by atoms with E-state index in [2.05, 4.69) is 6.58 Å². The van der Waals surface area contributed by atoms with E-state index in [4.69, 9.17) is 14.2 Å². The number of allylic oxidation sites excluding steroid dienone is 3. The van der Waals surface area contributed by atoms with Crippen LogP contribution in [0.5, 0.6) is 0 Å². The first kappa shape index (κ1) is 17.7. The summed E-state index contributed by atoms with van der Waals surface area (Å²) < 4.78 is 17.1. The van der Waals surface area contributed by atoms with Crippen LogP contribution in [0.1, 0.15) is 34.1 Å². The SMILES string of the molecule is C=C1C(=O)O[C@@H]2/C=C(C)\C=C/[C@H]3O[C@]3(C)C[C@@H](OC(=O)/C(C)=C/C)[C@@H]12. The van der Waals surface area contributed by atoms with Crippen molar-refractivity contribution < 1.29 is 23.8 Å². The fourth-order valence-electron chi connectivity index (χ4n) is 3.39. The van der Waals surface area contributed by atoms with Gasteiger partial charge >= 0.3 is 11.9 Å². The second-order valence-electron chi connectivity index (χ2n) is 7.16. The minimum Gasteiger partial charge on any atom is -0.458 e. The minimum atomic E-state index is -0.545. The molecule has 0 unspecified atom stereocenters. The summed E-state index contributed by atoms with van der Waals surface area (Å²) in [7, 11) is 0. The summed E-state index contributed by atoms with van der Waals surface area (Å²) in [5.41, 5.74) is 1.41. The highest BCUT2D eigenvalue weighted by Gasteiger charge is 2.56. The Kier molecular flexibility index (Phi) is 4.45. The Morgan fingerprint density at radius 1 is 1.48 bits per heavy atom. The molecule has 0 aromatic carbocycles. The standard InChI is InChI=1S/C20H24O5/c1-6-12(3)18(21)24-15-10-20(5)16(25-20)8-7-11(2)9-14-17(15)13(4)19(22)23-14/h6-9,14-17H,4,10H2,1-3,5H3/b8-7-,11-9-,12-6+/t14-,15-,16-,17+,20-/m1/s1. The monoisotopic (exact) mass is 344 g/mol. The van der Waals surface area contributed by atoms with Crippen LogP contribution in [0.25, 0.3) is 0 Å². The number of carbonyl (C=O) groups excluding carboxylic acids is 2. The molecule has 2 fully saturated rings. The Balaban J connectivity index is 1.97. The molecular weight excluding hydrogens is 320 g/mol. The number of esters is 2. The number of carbonyl (C=O) groups is 2. The van der Waals surface area contributed by atoms with Gasteiger partial charge in [0.25, 0.3) is 0 Å². The van der Waals surface area contributed by atoms with Crippen molar-refractivity contribution in [1.29, 1.82) is 0 Å². The second kappa shape index (κ2) is 6.30. The molecule has 0 saturated carbocycles. The summed E-state index contributed by atoms with van der Waals surface area (Å²) in [5, 5.41) is 0. The summed E-state index contributed by atoms with van der Waals surface area (Å²) in [6.45, 7) is 11.3. The van der Waals surface area contributed by atoms with Gasteiger partial charge in [-0.1, -0.05) is 30.4 Å². The van der Waals surface area contributed by atoms with Gasteiger partial charge in [0.15, 0.2) is 0 Å². The zero-order chi connectivity index (χ0) is 18.4. The molecule has 0 radical (unpaired) electrons. The zero-order valence-corrected chi connectivity index (χ0v) is 15.1. The van der Waals surface area contributed by atoms with Crippen molar-refractivity contribution in [3.05, 3.63) is 47.6 Å². The zero-order valence-electron chi connectivity index (χ0n) is 15.1. The molecule has 1 aliphatic carbocycles. The minimum absolute atomic E-state index is 0.0253. The van der Waals surface area contributed by atoms with E-state index in [0.717, 1.165) is 5.57 Å². The quantitative estimate of drug-likeness (QED) is 0.438. The molecule has 5 nitrogen and oxygen atoms in total. The molecule has 2 heterocycles.